The normalized spacial score (nSPS) is 27.4. The summed E-state index contributed by atoms with van der Waals surface area (Å²) in [5.41, 5.74) is 0.368. The number of carbonyl (C=O) groups is 3. The molecule has 39 heavy (non-hydrogen) atoms. The average molecular weight is 545 g/mol. The first-order valence-corrected chi connectivity index (χ1v) is 13.3. The van der Waals surface area contributed by atoms with E-state index in [9.17, 15) is 27.6 Å². The molecule has 3 saturated carbocycles. The molecule has 0 bridgehead atoms. The van der Waals surface area contributed by atoms with Crippen LogP contribution in [0.2, 0.25) is 0 Å². The van der Waals surface area contributed by atoms with Gasteiger partial charge in [-0.1, -0.05) is 12.1 Å². The molecule has 2 amide bonds. The minimum absolute atomic E-state index is 0.00754. The average Bonchev–Trinajstić information content (AvgIpc) is 2.92. The van der Waals surface area contributed by atoms with Crippen LogP contribution in [-0.4, -0.2) is 37.4 Å². The Morgan fingerprint density at radius 1 is 0.974 bits per heavy atom. The quantitative estimate of drug-likeness (QED) is 0.418. The number of hydrogen-bond acceptors (Lipinski definition) is 5. The molecule has 2 aromatic rings. The van der Waals surface area contributed by atoms with Crippen molar-refractivity contribution in [3.8, 4) is 11.5 Å². The van der Waals surface area contributed by atoms with Crippen molar-refractivity contribution in [1.82, 2.24) is 5.32 Å². The summed E-state index contributed by atoms with van der Waals surface area (Å²) in [6.07, 6.45) is 2.40. The maximum atomic E-state index is 14.8. The van der Waals surface area contributed by atoms with E-state index in [1.807, 2.05) is 0 Å². The standard InChI is InChI=1S/C29H31F3N2O5/c1-38-23-13-22(30)24(39-18-8-2-15(14-35)3-9-18)12-21(23)28(36)34-26-20-11-10-19(20)25(26)29(37)33-17-6-4-16(5-7-17)27(31)32/h4-7,12-15,18-20,25-27H,2-3,8-11H2,1H3,(H,33,37)(H,34,36). The Hall–Kier alpha value is -3.56. The third-order valence-corrected chi connectivity index (χ3v) is 8.43. The zero-order valence-corrected chi connectivity index (χ0v) is 21.5. The fourth-order valence-electron chi connectivity index (χ4n) is 6.05. The van der Waals surface area contributed by atoms with Gasteiger partial charge in [0.2, 0.25) is 5.91 Å². The number of aldehydes is 1. The monoisotopic (exact) mass is 544 g/mol. The van der Waals surface area contributed by atoms with Gasteiger partial charge >= 0.3 is 0 Å². The van der Waals surface area contributed by atoms with Crippen molar-refractivity contribution < 1.29 is 37.0 Å². The van der Waals surface area contributed by atoms with Crippen LogP contribution in [0.1, 0.15) is 60.9 Å². The van der Waals surface area contributed by atoms with E-state index in [4.69, 9.17) is 9.47 Å². The first-order chi connectivity index (χ1) is 18.8. The zero-order chi connectivity index (χ0) is 27.7. The SMILES string of the molecule is COc1cc(F)c(OC2CCC(C=O)CC2)cc1C(=O)NC1C2CCC2C1C(=O)Nc1ccc(C(F)F)cc1. The van der Waals surface area contributed by atoms with E-state index in [0.29, 0.717) is 31.4 Å². The highest BCUT2D eigenvalue weighted by atomic mass is 19.3. The Labute approximate surface area is 224 Å². The zero-order valence-electron chi connectivity index (χ0n) is 21.5. The van der Waals surface area contributed by atoms with Gasteiger partial charge in [-0.25, -0.2) is 13.2 Å². The lowest BCUT2D eigenvalue weighted by molar-refractivity contribution is -0.140. The van der Waals surface area contributed by atoms with Crippen molar-refractivity contribution in [3.63, 3.8) is 0 Å². The first-order valence-electron chi connectivity index (χ1n) is 13.3. The van der Waals surface area contributed by atoms with Crippen LogP contribution in [0.5, 0.6) is 11.5 Å². The van der Waals surface area contributed by atoms with Gasteiger partial charge in [-0.2, -0.15) is 0 Å². The van der Waals surface area contributed by atoms with Gasteiger partial charge in [0.1, 0.15) is 12.0 Å². The maximum Gasteiger partial charge on any atom is 0.263 e. The molecule has 4 unspecified atom stereocenters. The topological polar surface area (TPSA) is 93.7 Å². The molecule has 4 atom stereocenters. The molecule has 3 aliphatic rings. The first kappa shape index (κ1) is 27.0. The minimum Gasteiger partial charge on any atom is -0.496 e. The molecule has 0 spiro atoms. The molecule has 2 aromatic carbocycles. The molecule has 0 aromatic heterocycles. The van der Waals surface area contributed by atoms with Gasteiger partial charge in [0.25, 0.3) is 12.3 Å². The minimum atomic E-state index is -2.59. The predicted molar refractivity (Wildman–Crippen MR) is 136 cm³/mol. The van der Waals surface area contributed by atoms with Crippen molar-refractivity contribution in [2.24, 2.45) is 23.7 Å². The molecule has 0 aliphatic heterocycles. The van der Waals surface area contributed by atoms with Gasteiger partial charge in [0.05, 0.1) is 24.7 Å². The van der Waals surface area contributed by atoms with Crippen molar-refractivity contribution in [2.75, 3.05) is 12.4 Å². The van der Waals surface area contributed by atoms with E-state index in [1.165, 1.54) is 37.4 Å². The number of alkyl halides is 2. The number of ether oxygens (including phenoxy) is 2. The summed E-state index contributed by atoms with van der Waals surface area (Å²) in [6, 6.07) is 7.41. The second-order valence-corrected chi connectivity index (χ2v) is 10.6. The summed E-state index contributed by atoms with van der Waals surface area (Å²) in [5, 5.41) is 5.73. The van der Waals surface area contributed by atoms with E-state index >= 15 is 0 Å². The summed E-state index contributed by atoms with van der Waals surface area (Å²) in [4.78, 5) is 37.5. The van der Waals surface area contributed by atoms with Crippen molar-refractivity contribution in [2.45, 2.75) is 57.1 Å². The van der Waals surface area contributed by atoms with Crippen LogP contribution in [0.25, 0.3) is 0 Å². The van der Waals surface area contributed by atoms with Crippen LogP contribution in [0, 0.1) is 29.5 Å². The van der Waals surface area contributed by atoms with E-state index in [-0.39, 0.29) is 52.4 Å². The van der Waals surface area contributed by atoms with Crippen LogP contribution >= 0.6 is 0 Å². The number of hydrogen-bond donors (Lipinski definition) is 2. The lowest BCUT2D eigenvalue weighted by Crippen LogP contribution is -2.67. The van der Waals surface area contributed by atoms with Crippen molar-refractivity contribution in [1.29, 1.82) is 0 Å². The molecule has 10 heteroatoms. The Balaban J connectivity index is 1.27. The Morgan fingerprint density at radius 3 is 2.26 bits per heavy atom. The second kappa shape index (κ2) is 11.3. The van der Waals surface area contributed by atoms with Crippen molar-refractivity contribution >= 4 is 23.8 Å². The fourth-order valence-corrected chi connectivity index (χ4v) is 6.05. The van der Waals surface area contributed by atoms with Crippen molar-refractivity contribution in [3.05, 3.63) is 53.3 Å². The third-order valence-electron chi connectivity index (χ3n) is 8.43. The van der Waals surface area contributed by atoms with Gasteiger partial charge in [-0.3, -0.25) is 9.59 Å². The molecular weight excluding hydrogens is 513 g/mol. The number of nitrogens with one attached hydrogen (secondary N) is 2. The summed E-state index contributed by atoms with van der Waals surface area (Å²) in [5.74, 6) is -1.66. The number of rotatable bonds is 9. The summed E-state index contributed by atoms with van der Waals surface area (Å²) >= 11 is 0. The highest BCUT2D eigenvalue weighted by molar-refractivity contribution is 5.99. The second-order valence-electron chi connectivity index (χ2n) is 10.6. The number of halogens is 3. The molecule has 7 nitrogen and oxygen atoms in total. The van der Waals surface area contributed by atoms with Crippen LogP contribution in [-0.2, 0) is 9.59 Å². The Bertz CT molecular complexity index is 1230. The number of carbonyl (C=O) groups excluding carboxylic acids is 3. The number of fused-ring (bicyclic) bond motifs is 1. The van der Waals surface area contributed by atoms with Crippen LogP contribution < -0.4 is 20.1 Å². The van der Waals surface area contributed by atoms with E-state index in [0.717, 1.165) is 25.2 Å². The van der Waals surface area contributed by atoms with E-state index < -0.39 is 30.1 Å². The summed E-state index contributed by atoms with van der Waals surface area (Å²) < 4.78 is 51.6. The predicted octanol–water partition coefficient (Wildman–Crippen LogP) is 5.30. The Morgan fingerprint density at radius 2 is 1.67 bits per heavy atom. The fraction of sp³-hybridized carbons (Fsp3) is 0.483. The highest BCUT2D eigenvalue weighted by Gasteiger charge is 2.58. The molecular formula is C29H31F3N2O5. The van der Waals surface area contributed by atoms with Gasteiger partial charge in [-0.05, 0) is 68.6 Å². The number of benzene rings is 2. The molecule has 3 aliphatic carbocycles. The largest absolute Gasteiger partial charge is 0.496 e. The maximum absolute atomic E-state index is 14.8. The van der Waals surface area contributed by atoms with Gasteiger partial charge < -0.3 is 24.9 Å². The number of anilines is 1. The van der Waals surface area contributed by atoms with E-state index in [1.54, 1.807) is 0 Å². The van der Waals surface area contributed by atoms with Gasteiger partial charge in [-0.15, -0.1) is 0 Å². The molecule has 5 rings (SSSR count). The van der Waals surface area contributed by atoms with Crippen LogP contribution in [0.15, 0.2) is 36.4 Å². The molecule has 208 valence electrons. The third kappa shape index (κ3) is 5.46. The molecule has 0 saturated heterocycles. The van der Waals surface area contributed by atoms with Crippen LogP contribution in [0.4, 0.5) is 18.9 Å². The van der Waals surface area contributed by atoms with Gasteiger partial charge in [0.15, 0.2) is 11.6 Å². The smallest absolute Gasteiger partial charge is 0.263 e. The lowest BCUT2D eigenvalue weighted by atomic mass is 9.49. The molecule has 0 heterocycles. The highest BCUT2D eigenvalue weighted by Crippen LogP contribution is 2.54. The lowest BCUT2D eigenvalue weighted by Gasteiger charge is -2.58. The van der Waals surface area contributed by atoms with E-state index in [2.05, 4.69) is 10.6 Å². The van der Waals surface area contributed by atoms with Gasteiger partial charge in [0, 0.05) is 29.3 Å². The number of methoxy groups -OCH3 is 1. The van der Waals surface area contributed by atoms with Crippen LogP contribution in [0.3, 0.4) is 0 Å². The summed E-state index contributed by atoms with van der Waals surface area (Å²) in [6.45, 7) is 0. The molecule has 2 N–H and O–H groups in total. The molecule has 3 fully saturated rings. The number of amides is 2. The molecule has 0 radical (unpaired) electrons. The Kier molecular flexibility index (Phi) is 7.81. The summed E-state index contributed by atoms with van der Waals surface area (Å²) in [7, 11) is 1.34.